The lowest BCUT2D eigenvalue weighted by atomic mass is 9.89. The van der Waals surface area contributed by atoms with Crippen molar-refractivity contribution in [1.82, 2.24) is 25.0 Å². The number of furan rings is 1. The van der Waals surface area contributed by atoms with E-state index in [1.165, 1.54) is 88.1 Å². The molecule has 0 amide bonds. The van der Waals surface area contributed by atoms with Crippen LogP contribution >= 0.6 is 0 Å². The molecule has 1 atom stereocenters. The van der Waals surface area contributed by atoms with Gasteiger partial charge < -0.3 is 23.7 Å². The van der Waals surface area contributed by atoms with Crippen LogP contribution in [0.4, 0.5) is 5.69 Å². The topological polar surface area (TPSA) is 71.2 Å². The Labute approximate surface area is 332 Å². The number of hydrogen-bond donors (Lipinski definition) is 1. The van der Waals surface area contributed by atoms with E-state index in [0.29, 0.717) is 6.04 Å². The molecule has 9 rings (SSSR count). The molecule has 56 heavy (non-hydrogen) atoms. The van der Waals surface area contributed by atoms with Crippen LogP contribution in [0.25, 0.3) is 17.1 Å². The fourth-order valence-electron chi connectivity index (χ4n) is 8.56. The highest BCUT2D eigenvalue weighted by Gasteiger charge is 2.34. The Kier molecular flexibility index (Phi) is 12.8. The molecule has 2 fully saturated rings. The van der Waals surface area contributed by atoms with Gasteiger partial charge in [-0.2, -0.15) is 5.10 Å². The molecule has 2 aromatic heterocycles. The number of benzene rings is 3. The van der Waals surface area contributed by atoms with Crippen LogP contribution in [-0.4, -0.2) is 72.1 Å². The van der Waals surface area contributed by atoms with Gasteiger partial charge in [0.2, 0.25) is 0 Å². The largest absolute Gasteiger partial charge is 0.494 e. The van der Waals surface area contributed by atoms with E-state index in [9.17, 15) is 0 Å². The van der Waals surface area contributed by atoms with Gasteiger partial charge in [0.25, 0.3) is 0 Å². The van der Waals surface area contributed by atoms with Crippen molar-refractivity contribution in [2.75, 3.05) is 57.5 Å². The molecule has 0 radical (unpaired) electrons. The quantitative estimate of drug-likeness (QED) is 0.113. The molecule has 5 aromatic rings. The lowest BCUT2D eigenvalue weighted by Crippen LogP contribution is -2.33. The van der Waals surface area contributed by atoms with Crippen molar-refractivity contribution in [3.05, 3.63) is 126 Å². The van der Waals surface area contributed by atoms with E-state index in [1.807, 2.05) is 54.1 Å². The summed E-state index contributed by atoms with van der Waals surface area (Å²) in [5.74, 6) is 2.68. The van der Waals surface area contributed by atoms with Crippen LogP contribution in [0.1, 0.15) is 81.5 Å². The molecule has 0 saturated carbocycles. The first kappa shape index (κ1) is 38.1. The SMILES string of the molecule is Cc1cc(-c2ccco2)n(-c2ccc(OCCCN3CCCC3)cc2)n1.c1ccc(C2NN(c3ccc(OCCCN4CCCC4)cc3)C3=C2CCCC3)cc1. The predicted octanol–water partition coefficient (Wildman–Crippen LogP) is 9.75. The van der Waals surface area contributed by atoms with Crippen LogP contribution in [0.5, 0.6) is 11.5 Å². The number of aryl methyl sites for hydroxylation is 1. The summed E-state index contributed by atoms with van der Waals surface area (Å²) in [6, 6.07) is 33.7. The van der Waals surface area contributed by atoms with E-state index >= 15 is 0 Å². The van der Waals surface area contributed by atoms with Gasteiger partial charge in [0.15, 0.2) is 5.76 Å². The van der Waals surface area contributed by atoms with Crippen LogP contribution < -0.4 is 19.9 Å². The molecule has 9 heteroatoms. The number of hydrazine groups is 1. The Bertz CT molecular complexity index is 1960. The minimum Gasteiger partial charge on any atom is -0.494 e. The summed E-state index contributed by atoms with van der Waals surface area (Å²) in [6.07, 6.45) is 14.2. The summed E-state index contributed by atoms with van der Waals surface area (Å²) < 4.78 is 19.3. The van der Waals surface area contributed by atoms with Gasteiger partial charge in [-0.25, -0.2) is 10.1 Å². The normalized spacial score (nSPS) is 18.6. The van der Waals surface area contributed by atoms with Crippen molar-refractivity contribution < 1.29 is 13.9 Å². The van der Waals surface area contributed by atoms with E-state index in [0.717, 1.165) is 79.9 Å². The van der Waals surface area contributed by atoms with Crippen LogP contribution in [-0.2, 0) is 0 Å². The number of nitrogens with zero attached hydrogens (tertiary/aromatic N) is 5. The second-order valence-corrected chi connectivity index (χ2v) is 15.5. The maximum Gasteiger partial charge on any atom is 0.152 e. The fourth-order valence-corrected chi connectivity index (χ4v) is 8.56. The zero-order valence-corrected chi connectivity index (χ0v) is 33.1. The number of hydrogen-bond acceptors (Lipinski definition) is 8. The van der Waals surface area contributed by atoms with Crippen LogP contribution in [0.15, 0.2) is 119 Å². The number of aromatic nitrogens is 2. The standard InChI is InChI=1S/C26H33N3O.C21H25N3O2/c1-2-9-21(10-3-1)26-24-11-4-5-12-25(24)29(27-26)22-13-15-23(16-14-22)30-20-8-19-28-17-6-7-18-28;1-17-16-20(21-6-4-14-26-21)24(22-17)18-7-9-19(10-8-18)25-15-5-13-23-11-2-3-12-23/h1-3,9-10,13-16,26-27H,4-8,11-12,17-20H2;4,6-10,14,16H,2-3,5,11-13,15H2,1H3. The second kappa shape index (κ2) is 18.9. The van der Waals surface area contributed by atoms with Crippen LogP contribution in [0.2, 0.25) is 0 Å². The Balaban J connectivity index is 0.000000159. The molecule has 1 unspecified atom stereocenters. The zero-order valence-electron chi connectivity index (χ0n) is 33.1. The van der Waals surface area contributed by atoms with Gasteiger partial charge in [-0.05, 0) is 175 Å². The van der Waals surface area contributed by atoms with Crippen LogP contribution in [0, 0.1) is 6.92 Å². The highest BCUT2D eigenvalue weighted by Crippen LogP contribution is 2.42. The highest BCUT2D eigenvalue weighted by molar-refractivity contribution is 5.58. The first-order valence-electron chi connectivity index (χ1n) is 21.0. The minimum atomic E-state index is 0.294. The number of anilines is 1. The van der Waals surface area contributed by atoms with E-state index in [-0.39, 0.29) is 0 Å². The third kappa shape index (κ3) is 9.57. The van der Waals surface area contributed by atoms with Gasteiger partial charge in [0.1, 0.15) is 17.2 Å². The number of allylic oxidation sites excluding steroid dienone is 1. The highest BCUT2D eigenvalue weighted by atomic mass is 16.5. The lowest BCUT2D eigenvalue weighted by molar-refractivity contribution is 0.263. The van der Waals surface area contributed by atoms with E-state index < -0.39 is 0 Å². The molecule has 1 N–H and O–H groups in total. The maximum absolute atomic E-state index is 6.00. The molecule has 0 bridgehead atoms. The summed E-state index contributed by atoms with van der Waals surface area (Å²) in [5, 5.41) is 6.92. The van der Waals surface area contributed by atoms with Crippen molar-refractivity contribution in [3.63, 3.8) is 0 Å². The molecule has 1 aliphatic carbocycles. The lowest BCUT2D eigenvalue weighted by Gasteiger charge is -2.25. The average Bonchev–Trinajstić information content (AvgIpc) is 4.11. The summed E-state index contributed by atoms with van der Waals surface area (Å²) in [7, 11) is 0. The Morgan fingerprint density at radius 2 is 1.29 bits per heavy atom. The third-order valence-corrected chi connectivity index (χ3v) is 11.4. The number of likely N-dealkylation sites (tertiary alicyclic amines) is 2. The van der Waals surface area contributed by atoms with Gasteiger partial charge in [-0.1, -0.05) is 30.3 Å². The van der Waals surface area contributed by atoms with Gasteiger partial charge in [0.05, 0.1) is 42.6 Å². The smallest absolute Gasteiger partial charge is 0.152 e. The third-order valence-electron chi connectivity index (χ3n) is 11.4. The zero-order chi connectivity index (χ0) is 37.9. The minimum absolute atomic E-state index is 0.294. The number of nitrogens with one attached hydrogen (secondary N) is 1. The van der Waals surface area contributed by atoms with Gasteiger partial charge in [-0.3, -0.25) is 5.01 Å². The van der Waals surface area contributed by atoms with Crippen molar-refractivity contribution >= 4 is 5.69 Å². The summed E-state index contributed by atoms with van der Waals surface area (Å²) in [6.45, 7) is 10.9. The summed E-state index contributed by atoms with van der Waals surface area (Å²) in [4.78, 5) is 5.06. The monoisotopic (exact) mass is 754 g/mol. The van der Waals surface area contributed by atoms with Gasteiger partial charge in [-0.15, -0.1) is 0 Å². The molecule has 294 valence electrons. The average molecular weight is 755 g/mol. The Morgan fingerprint density at radius 1 is 0.679 bits per heavy atom. The van der Waals surface area contributed by atoms with Crippen LogP contribution in [0.3, 0.4) is 0 Å². The van der Waals surface area contributed by atoms with Gasteiger partial charge in [0, 0.05) is 18.8 Å². The molecule has 9 nitrogen and oxygen atoms in total. The fraction of sp³-hybridized carbons (Fsp3) is 0.426. The molecule has 2 saturated heterocycles. The molecular formula is C47H58N6O3. The van der Waals surface area contributed by atoms with Crippen molar-refractivity contribution in [2.45, 2.75) is 77.2 Å². The first-order valence-corrected chi connectivity index (χ1v) is 21.0. The second-order valence-electron chi connectivity index (χ2n) is 15.5. The van der Waals surface area contributed by atoms with E-state index in [2.05, 4.69) is 79.9 Å². The van der Waals surface area contributed by atoms with Crippen molar-refractivity contribution in [2.24, 2.45) is 0 Å². The molecule has 3 aromatic carbocycles. The van der Waals surface area contributed by atoms with Crippen molar-refractivity contribution in [3.8, 4) is 28.6 Å². The van der Waals surface area contributed by atoms with Crippen molar-refractivity contribution in [1.29, 1.82) is 0 Å². The van der Waals surface area contributed by atoms with E-state index in [4.69, 9.17) is 13.9 Å². The molecule has 4 aliphatic rings. The first-order chi connectivity index (χ1) is 27.7. The predicted molar refractivity (Wildman–Crippen MR) is 224 cm³/mol. The maximum atomic E-state index is 6.00. The number of rotatable bonds is 14. The molecular weight excluding hydrogens is 697 g/mol. The van der Waals surface area contributed by atoms with Gasteiger partial charge >= 0.3 is 0 Å². The number of ether oxygens (including phenoxy) is 2. The summed E-state index contributed by atoms with van der Waals surface area (Å²) >= 11 is 0. The Morgan fingerprint density at radius 3 is 1.89 bits per heavy atom. The van der Waals surface area contributed by atoms with E-state index in [1.54, 1.807) is 11.8 Å². The molecule has 0 spiro atoms. The Hall–Kier alpha value is -4.83. The molecule has 5 heterocycles. The molecule has 3 aliphatic heterocycles. The summed E-state index contributed by atoms with van der Waals surface area (Å²) in [5.41, 5.74) is 12.3.